The number of rotatable bonds is 3. The Labute approximate surface area is 104 Å². The van der Waals surface area contributed by atoms with Gasteiger partial charge in [0.05, 0.1) is 0 Å². The third-order valence-corrected chi connectivity index (χ3v) is 2.86. The molecule has 0 spiro atoms. The first-order valence-corrected chi connectivity index (χ1v) is 5.87. The van der Waals surface area contributed by atoms with E-state index in [-0.39, 0.29) is 5.02 Å². The molecular formula is C8H4ClF3O5S. The molecule has 0 aliphatic carbocycles. The lowest BCUT2D eigenvalue weighted by molar-refractivity contribution is -0.0500. The average Bonchev–Trinajstić information content (AvgIpc) is 2.18. The quantitative estimate of drug-likeness (QED) is 0.684. The van der Waals surface area contributed by atoms with Crippen molar-refractivity contribution < 1.29 is 35.7 Å². The van der Waals surface area contributed by atoms with Crippen LogP contribution in [0, 0.1) is 0 Å². The summed E-state index contributed by atoms with van der Waals surface area (Å²) in [6.07, 6.45) is 0. The third kappa shape index (κ3) is 3.05. The van der Waals surface area contributed by atoms with Crippen LogP contribution >= 0.6 is 11.6 Å². The molecule has 0 aliphatic heterocycles. The van der Waals surface area contributed by atoms with E-state index in [4.69, 9.17) is 16.7 Å². The van der Waals surface area contributed by atoms with Crippen LogP contribution in [0.2, 0.25) is 5.02 Å². The number of benzene rings is 1. The molecule has 0 aliphatic rings. The molecule has 0 amide bonds. The molecule has 10 heteroatoms. The van der Waals surface area contributed by atoms with Gasteiger partial charge in [-0.25, -0.2) is 4.79 Å². The van der Waals surface area contributed by atoms with Crippen molar-refractivity contribution in [2.24, 2.45) is 0 Å². The van der Waals surface area contributed by atoms with E-state index >= 15 is 0 Å². The van der Waals surface area contributed by atoms with E-state index in [9.17, 15) is 26.4 Å². The van der Waals surface area contributed by atoms with Gasteiger partial charge in [0, 0.05) is 5.02 Å². The SMILES string of the molecule is O=C(O)c1cc(Cl)ccc1OS(=O)(=O)C(F)(F)F. The molecule has 5 nitrogen and oxygen atoms in total. The number of alkyl halides is 3. The molecule has 0 radical (unpaired) electrons. The molecule has 0 atom stereocenters. The maximum absolute atomic E-state index is 12.0. The minimum absolute atomic E-state index is 0.0934. The van der Waals surface area contributed by atoms with E-state index in [0.717, 1.165) is 18.2 Å². The largest absolute Gasteiger partial charge is 0.534 e. The van der Waals surface area contributed by atoms with Crippen molar-refractivity contribution in [3.05, 3.63) is 28.8 Å². The molecular weight excluding hydrogens is 301 g/mol. The fourth-order valence-corrected chi connectivity index (χ4v) is 1.56. The lowest BCUT2D eigenvalue weighted by Crippen LogP contribution is -2.28. The summed E-state index contributed by atoms with van der Waals surface area (Å²) in [7, 11) is -5.93. The predicted octanol–water partition coefficient (Wildman–Crippen LogP) is 2.27. The van der Waals surface area contributed by atoms with Crippen LogP contribution in [0.5, 0.6) is 5.75 Å². The first kappa shape index (κ1) is 14.6. The highest BCUT2D eigenvalue weighted by molar-refractivity contribution is 7.88. The van der Waals surface area contributed by atoms with Crippen LogP contribution < -0.4 is 4.18 Å². The van der Waals surface area contributed by atoms with Crippen molar-refractivity contribution in [3.63, 3.8) is 0 Å². The van der Waals surface area contributed by atoms with E-state index in [0.29, 0.717) is 0 Å². The highest BCUT2D eigenvalue weighted by Crippen LogP contribution is 2.30. The lowest BCUT2D eigenvalue weighted by atomic mass is 10.2. The normalized spacial score (nSPS) is 12.2. The van der Waals surface area contributed by atoms with Crippen molar-refractivity contribution in [3.8, 4) is 5.75 Å². The summed E-state index contributed by atoms with van der Waals surface area (Å²) in [6, 6.07) is 2.48. The average molecular weight is 305 g/mol. The number of hydrogen-bond acceptors (Lipinski definition) is 4. The minimum Gasteiger partial charge on any atom is -0.478 e. The summed E-state index contributed by atoms with van der Waals surface area (Å²) in [4.78, 5) is 10.7. The van der Waals surface area contributed by atoms with Crippen LogP contribution in [0.15, 0.2) is 18.2 Å². The van der Waals surface area contributed by atoms with Crippen LogP contribution in [0.3, 0.4) is 0 Å². The Kier molecular flexibility index (Phi) is 3.77. The lowest BCUT2D eigenvalue weighted by Gasteiger charge is -2.11. The third-order valence-electron chi connectivity index (χ3n) is 1.65. The predicted molar refractivity (Wildman–Crippen MR) is 54.0 cm³/mol. The molecule has 0 fully saturated rings. The number of hydrogen-bond donors (Lipinski definition) is 1. The Bertz CT molecular complexity index is 581. The maximum Gasteiger partial charge on any atom is 0.534 e. The smallest absolute Gasteiger partial charge is 0.478 e. The van der Waals surface area contributed by atoms with Crippen molar-refractivity contribution in [1.29, 1.82) is 0 Å². The van der Waals surface area contributed by atoms with Gasteiger partial charge < -0.3 is 9.29 Å². The Hall–Kier alpha value is -1.48. The summed E-state index contributed by atoms with van der Waals surface area (Å²) < 4.78 is 61.3. The minimum atomic E-state index is -5.93. The Morgan fingerprint density at radius 1 is 1.33 bits per heavy atom. The van der Waals surface area contributed by atoms with Gasteiger partial charge in [-0.15, -0.1) is 0 Å². The Balaban J connectivity index is 3.25. The molecule has 1 N–H and O–H groups in total. The molecule has 0 aromatic heterocycles. The molecule has 0 saturated carbocycles. The van der Waals surface area contributed by atoms with Gasteiger partial charge in [0.25, 0.3) is 0 Å². The van der Waals surface area contributed by atoms with Crippen LogP contribution in [0.25, 0.3) is 0 Å². The Morgan fingerprint density at radius 2 is 1.89 bits per heavy atom. The van der Waals surface area contributed by atoms with E-state index in [2.05, 4.69) is 4.18 Å². The van der Waals surface area contributed by atoms with Gasteiger partial charge in [-0.3, -0.25) is 0 Å². The van der Waals surface area contributed by atoms with Gasteiger partial charge in [0.1, 0.15) is 5.56 Å². The molecule has 1 aromatic carbocycles. The highest BCUT2D eigenvalue weighted by Gasteiger charge is 2.49. The second-order valence-electron chi connectivity index (χ2n) is 2.93. The maximum atomic E-state index is 12.0. The van der Waals surface area contributed by atoms with E-state index in [1.165, 1.54) is 0 Å². The monoisotopic (exact) mass is 304 g/mol. The number of aromatic carboxylic acids is 1. The molecule has 100 valence electrons. The topological polar surface area (TPSA) is 80.7 Å². The van der Waals surface area contributed by atoms with Gasteiger partial charge in [0.2, 0.25) is 0 Å². The van der Waals surface area contributed by atoms with Crippen molar-refractivity contribution >= 4 is 27.7 Å². The number of carboxylic acids is 1. The van der Waals surface area contributed by atoms with Gasteiger partial charge in [0.15, 0.2) is 5.75 Å². The molecule has 0 heterocycles. The highest BCUT2D eigenvalue weighted by atomic mass is 35.5. The zero-order chi connectivity index (χ0) is 14.1. The van der Waals surface area contributed by atoms with E-state index in [1.54, 1.807) is 0 Å². The second kappa shape index (κ2) is 4.65. The first-order valence-electron chi connectivity index (χ1n) is 4.08. The van der Waals surface area contributed by atoms with Gasteiger partial charge in [-0.2, -0.15) is 21.6 Å². The number of halogens is 4. The molecule has 1 rings (SSSR count). The molecule has 1 aromatic rings. The van der Waals surface area contributed by atoms with Crippen LogP contribution in [-0.2, 0) is 10.1 Å². The zero-order valence-electron chi connectivity index (χ0n) is 8.23. The van der Waals surface area contributed by atoms with Crippen molar-refractivity contribution in [2.45, 2.75) is 5.51 Å². The van der Waals surface area contributed by atoms with Gasteiger partial charge in [-0.05, 0) is 18.2 Å². The molecule has 18 heavy (non-hydrogen) atoms. The van der Waals surface area contributed by atoms with Crippen molar-refractivity contribution in [1.82, 2.24) is 0 Å². The summed E-state index contributed by atoms with van der Waals surface area (Å²) in [5.41, 5.74) is -6.45. The molecule has 0 bridgehead atoms. The number of carbonyl (C=O) groups is 1. The van der Waals surface area contributed by atoms with Gasteiger partial charge >= 0.3 is 21.6 Å². The van der Waals surface area contributed by atoms with Crippen LogP contribution in [0.4, 0.5) is 13.2 Å². The molecule has 0 saturated heterocycles. The number of carboxylic acid groups (broad SMARTS) is 1. The second-order valence-corrected chi connectivity index (χ2v) is 4.90. The van der Waals surface area contributed by atoms with Crippen LogP contribution in [-0.4, -0.2) is 25.0 Å². The summed E-state index contributed by atoms with van der Waals surface area (Å²) >= 11 is 5.43. The fraction of sp³-hybridized carbons (Fsp3) is 0.125. The first-order chi connectivity index (χ1) is 8.04. The zero-order valence-corrected chi connectivity index (χ0v) is 9.80. The summed E-state index contributed by atoms with van der Waals surface area (Å²) in [5.74, 6) is -2.64. The fourth-order valence-electron chi connectivity index (χ4n) is 0.907. The van der Waals surface area contributed by atoms with Crippen LogP contribution in [0.1, 0.15) is 10.4 Å². The van der Waals surface area contributed by atoms with Crippen molar-refractivity contribution in [2.75, 3.05) is 0 Å². The van der Waals surface area contributed by atoms with Gasteiger partial charge in [-0.1, -0.05) is 11.6 Å². The summed E-state index contributed by atoms with van der Waals surface area (Å²) in [5, 5.41) is 8.58. The van der Waals surface area contributed by atoms with E-state index < -0.39 is 32.9 Å². The van der Waals surface area contributed by atoms with E-state index in [1.807, 2.05) is 0 Å². The Morgan fingerprint density at radius 3 is 2.33 bits per heavy atom. The molecule has 0 unspecified atom stereocenters. The summed E-state index contributed by atoms with van der Waals surface area (Å²) in [6.45, 7) is 0. The standard InChI is InChI=1S/C8H4ClF3O5S/c9-4-1-2-6(5(3-4)7(13)14)17-18(15,16)8(10,11)12/h1-3H,(H,13,14).